The molecule has 0 spiro atoms. The van der Waals surface area contributed by atoms with Crippen molar-refractivity contribution in [1.82, 2.24) is 40.6 Å². The molecule has 2 unspecified atom stereocenters. The lowest BCUT2D eigenvalue weighted by molar-refractivity contribution is -0.137. The van der Waals surface area contributed by atoms with Crippen LogP contribution in [0.25, 0.3) is 21.8 Å². The maximum absolute atomic E-state index is 12.7. The van der Waals surface area contributed by atoms with Gasteiger partial charge >= 0.3 is 0 Å². The van der Waals surface area contributed by atoms with Crippen molar-refractivity contribution in [2.75, 3.05) is 11.1 Å². The molecule has 5 amide bonds. The van der Waals surface area contributed by atoms with Crippen LogP contribution in [-0.4, -0.2) is 59.5 Å². The molecule has 2 saturated heterocycles. The molecule has 0 radical (unpaired) electrons. The number of fused-ring (bicyclic) bond motifs is 2. The molecule has 220 valence electrons. The van der Waals surface area contributed by atoms with E-state index in [1.807, 2.05) is 0 Å². The highest BCUT2D eigenvalue weighted by Gasteiger charge is 2.31. The lowest BCUT2D eigenvalue weighted by Gasteiger charge is -2.21. The number of piperidine rings is 2. The normalized spacial score (nSPS) is 18.4. The number of aromatic nitrogens is 6. The van der Waals surface area contributed by atoms with Crippen molar-refractivity contribution in [1.29, 1.82) is 0 Å². The maximum Gasteiger partial charge on any atom is 0.280 e. The minimum absolute atomic E-state index is 0.121. The summed E-state index contributed by atoms with van der Waals surface area (Å²) in [4.78, 5) is 82.4. The van der Waals surface area contributed by atoms with Crippen LogP contribution in [0.1, 0.15) is 44.7 Å². The number of carbonyl (C=O) groups excluding carboxylic acids is 5. The van der Waals surface area contributed by atoms with Gasteiger partial charge in [0.1, 0.15) is 23.1 Å². The van der Waals surface area contributed by atoms with Gasteiger partial charge in [-0.25, -0.2) is 0 Å². The Morgan fingerprint density at radius 3 is 1.79 bits per heavy atom. The van der Waals surface area contributed by atoms with E-state index in [0.29, 0.717) is 16.7 Å². The Kier molecular flexibility index (Phi) is 7.70. The zero-order valence-electron chi connectivity index (χ0n) is 22.6. The van der Waals surface area contributed by atoms with E-state index >= 15 is 0 Å². The summed E-state index contributed by atoms with van der Waals surface area (Å²) >= 11 is 0. The molecule has 2 aliphatic rings. The summed E-state index contributed by atoms with van der Waals surface area (Å²) in [5.74, 6) is -2.21. The van der Waals surface area contributed by atoms with E-state index in [9.17, 15) is 33.6 Å². The van der Waals surface area contributed by atoms with Crippen LogP contribution >= 0.6 is 0 Å². The first-order chi connectivity index (χ1) is 20.5. The third kappa shape index (κ3) is 5.67. The van der Waals surface area contributed by atoms with Crippen molar-refractivity contribution < 1.29 is 24.0 Å². The van der Waals surface area contributed by atoms with Crippen molar-refractivity contribution in [3.63, 3.8) is 0 Å². The van der Waals surface area contributed by atoms with Crippen LogP contribution in [-0.2, 0) is 24.0 Å². The standard InChI is InChI=1S/C14H13N5O4.C12H11N5O3/c1-7(20)15-8-3-2-4-9-12(8)14(23)19(18-17-9)10-5-6-11(21)16-13(10)22;13-6-2-1-3-7-10(6)12(20)17(16-15-7)8-4-5-9(18)14-11(8)19/h2-4,10H,5-6H2,1H3,(H,15,20)(H,16,21,22);1-3,8H,4-5,13H2,(H,14,18,19). The van der Waals surface area contributed by atoms with Gasteiger partial charge in [0, 0.05) is 25.5 Å². The maximum atomic E-state index is 12.7. The molecule has 2 aliphatic heterocycles. The predicted molar refractivity (Wildman–Crippen MR) is 149 cm³/mol. The van der Waals surface area contributed by atoms with Crippen LogP contribution in [0.3, 0.4) is 0 Å². The van der Waals surface area contributed by atoms with E-state index in [4.69, 9.17) is 5.73 Å². The molecule has 5 N–H and O–H groups in total. The highest BCUT2D eigenvalue weighted by Crippen LogP contribution is 2.21. The average Bonchev–Trinajstić information content (AvgIpc) is 2.95. The van der Waals surface area contributed by atoms with Gasteiger partial charge in [0.2, 0.25) is 17.7 Å². The van der Waals surface area contributed by atoms with Crippen LogP contribution in [0.4, 0.5) is 11.4 Å². The van der Waals surface area contributed by atoms with Gasteiger partial charge in [0.15, 0.2) is 0 Å². The Hall–Kier alpha value is -5.87. The summed E-state index contributed by atoms with van der Waals surface area (Å²) in [5, 5.41) is 22.7. The van der Waals surface area contributed by atoms with Crippen LogP contribution in [0.5, 0.6) is 0 Å². The van der Waals surface area contributed by atoms with E-state index in [1.165, 1.54) is 6.92 Å². The van der Waals surface area contributed by atoms with Crippen LogP contribution in [0.2, 0.25) is 0 Å². The molecular weight excluding hydrogens is 564 g/mol. The van der Waals surface area contributed by atoms with Gasteiger partial charge in [-0.05, 0) is 37.1 Å². The third-order valence-corrected chi connectivity index (χ3v) is 6.78. The van der Waals surface area contributed by atoms with Crippen molar-refractivity contribution in [2.24, 2.45) is 0 Å². The zero-order chi connectivity index (χ0) is 30.8. The first kappa shape index (κ1) is 28.7. The molecule has 17 heteroatoms. The van der Waals surface area contributed by atoms with E-state index in [0.717, 1.165) is 9.36 Å². The second kappa shape index (κ2) is 11.6. The number of benzene rings is 2. The highest BCUT2D eigenvalue weighted by atomic mass is 16.2. The van der Waals surface area contributed by atoms with Gasteiger partial charge in [0.05, 0.1) is 16.5 Å². The largest absolute Gasteiger partial charge is 0.398 e. The van der Waals surface area contributed by atoms with E-state index in [-0.39, 0.29) is 59.9 Å². The van der Waals surface area contributed by atoms with Gasteiger partial charge in [-0.1, -0.05) is 22.6 Å². The Labute approximate surface area is 240 Å². The van der Waals surface area contributed by atoms with Gasteiger partial charge < -0.3 is 11.1 Å². The summed E-state index contributed by atoms with van der Waals surface area (Å²) in [6.45, 7) is 1.33. The minimum Gasteiger partial charge on any atom is -0.398 e. The number of rotatable bonds is 3. The summed E-state index contributed by atoms with van der Waals surface area (Å²) < 4.78 is 1.94. The Morgan fingerprint density at radius 1 is 0.791 bits per heavy atom. The summed E-state index contributed by atoms with van der Waals surface area (Å²) in [7, 11) is 0. The summed E-state index contributed by atoms with van der Waals surface area (Å²) in [5.41, 5.74) is 6.01. The smallest absolute Gasteiger partial charge is 0.280 e. The fourth-order valence-electron chi connectivity index (χ4n) is 4.76. The Balaban J connectivity index is 0.000000173. The molecule has 4 heterocycles. The molecule has 2 aromatic carbocycles. The molecule has 2 aromatic heterocycles. The van der Waals surface area contributed by atoms with Crippen molar-refractivity contribution in [2.45, 2.75) is 44.7 Å². The number of nitrogens with two attached hydrogens (primary N) is 1. The quantitative estimate of drug-likeness (QED) is 0.168. The number of nitrogens with zero attached hydrogens (tertiary/aromatic N) is 6. The molecule has 2 atom stereocenters. The monoisotopic (exact) mass is 588 g/mol. The van der Waals surface area contributed by atoms with Gasteiger partial charge in [-0.15, -0.1) is 10.2 Å². The predicted octanol–water partition coefficient (Wildman–Crippen LogP) is -0.921. The van der Waals surface area contributed by atoms with Crippen LogP contribution in [0.15, 0.2) is 46.0 Å². The fourth-order valence-corrected chi connectivity index (χ4v) is 4.76. The van der Waals surface area contributed by atoms with Crippen molar-refractivity contribution >= 4 is 62.7 Å². The average molecular weight is 589 g/mol. The molecular formula is C26H24N10O7. The molecule has 2 fully saturated rings. The summed E-state index contributed by atoms with van der Waals surface area (Å²) in [6.07, 6.45) is 0.674. The number of nitrogen functional groups attached to an aromatic ring is 1. The molecule has 43 heavy (non-hydrogen) atoms. The first-order valence-corrected chi connectivity index (χ1v) is 13.0. The van der Waals surface area contributed by atoms with Gasteiger partial charge in [-0.3, -0.25) is 44.2 Å². The molecule has 4 aromatic rings. The SMILES string of the molecule is CC(=O)Nc1cccc2nnn(C3CCC(=O)NC3=O)c(=O)c12.Nc1cccc2nnn(C3CCC(=O)NC3=O)c(=O)c12. The zero-order valence-corrected chi connectivity index (χ0v) is 22.6. The molecule has 17 nitrogen and oxygen atoms in total. The lowest BCUT2D eigenvalue weighted by Crippen LogP contribution is -2.45. The van der Waals surface area contributed by atoms with E-state index < -0.39 is 35.0 Å². The Morgan fingerprint density at radius 2 is 1.28 bits per heavy atom. The third-order valence-electron chi connectivity index (χ3n) is 6.78. The number of amides is 5. The number of imide groups is 2. The summed E-state index contributed by atoms with van der Waals surface area (Å²) in [6, 6.07) is 7.93. The molecule has 0 saturated carbocycles. The van der Waals surface area contributed by atoms with Crippen LogP contribution < -0.4 is 32.8 Å². The molecule has 6 rings (SSSR count). The fraction of sp³-hybridized carbons (Fsp3) is 0.269. The van der Waals surface area contributed by atoms with Crippen LogP contribution in [0, 0.1) is 0 Å². The van der Waals surface area contributed by atoms with Crippen molar-refractivity contribution in [3.8, 4) is 0 Å². The number of carbonyl (C=O) groups is 5. The number of anilines is 2. The van der Waals surface area contributed by atoms with Gasteiger partial charge in [0.25, 0.3) is 22.9 Å². The first-order valence-electron chi connectivity index (χ1n) is 13.0. The van der Waals surface area contributed by atoms with E-state index in [1.54, 1.807) is 36.4 Å². The number of nitrogens with one attached hydrogen (secondary N) is 3. The molecule has 0 aliphatic carbocycles. The van der Waals surface area contributed by atoms with Gasteiger partial charge in [-0.2, -0.15) is 9.36 Å². The second-order valence-corrected chi connectivity index (χ2v) is 9.73. The second-order valence-electron chi connectivity index (χ2n) is 9.73. The minimum atomic E-state index is -0.900. The highest BCUT2D eigenvalue weighted by molar-refractivity contribution is 6.01. The van der Waals surface area contributed by atoms with Crippen molar-refractivity contribution in [3.05, 3.63) is 57.1 Å². The van der Waals surface area contributed by atoms with E-state index in [2.05, 4.69) is 36.6 Å². The molecule has 0 bridgehead atoms. The number of hydrogen-bond acceptors (Lipinski definition) is 12. The Bertz CT molecular complexity index is 1950. The lowest BCUT2D eigenvalue weighted by atomic mass is 10.1. The topological polar surface area (TPSA) is 243 Å². The number of hydrogen-bond donors (Lipinski definition) is 4.